The van der Waals surface area contributed by atoms with Gasteiger partial charge in [-0.15, -0.1) is 0 Å². The van der Waals surface area contributed by atoms with E-state index in [1.54, 1.807) is 12.1 Å². The molecule has 0 spiro atoms. The molecular formula is C11H17N3O3. The van der Waals surface area contributed by atoms with Crippen molar-refractivity contribution in [3.8, 4) is 0 Å². The van der Waals surface area contributed by atoms with E-state index < -0.39 is 4.92 Å². The first-order chi connectivity index (χ1) is 8.06. The van der Waals surface area contributed by atoms with Crippen LogP contribution in [-0.4, -0.2) is 22.7 Å². The molecule has 0 aromatic heterocycles. The predicted octanol–water partition coefficient (Wildman–Crippen LogP) is 1.75. The van der Waals surface area contributed by atoms with E-state index in [1.807, 2.05) is 6.92 Å². The molecule has 1 unspecified atom stereocenters. The number of para-hydroxylation sites is 1. The van der Waals surface area contributed by atoms with E-state index in [1.165, 1.54) is 6.07 Å². The molecule has 0 saturated heterocycles. The lowest BCUT2D eigenvalue weighted by Gasteiger charge is -2.10. The van der Waals surface area contributed by atoms with Crippen LogP contribution in [0.2, 0.25) is 0 Å². The van der Waals surface area contributed by atoms with Gasteiger partial charge in [0, 0.05) is 6.54 Å². The smallest absolute Gasteiger partial charge is 0.314 e. The average Bonchev–Trinajstić information content (AvgIpc) is 2.28. The minimum atomic E-state index is -0.506. The van der Waals surface area contributed by atoms with Crippen LogP contribution >= 0.6 is 0 Å². The summed E-state index contributed by atoms with van der Waals surface area (Å²) in [5.41, 5.74) is 5.96. The Labute approximate surface area is 99.6 Å². The first-order valence-corrected chi connectivity index (χ1v) is 5.51. The van der Waals surface area contributed by atoms with Crippen molar-refractivity contribution in [2.75, 3.05) is 17.6 Å². The molecule has 1 rings (SSSR count). The Kier molecular flexibility index (Phi) is 4.71. The molecule has 0 amide bonds. The second-order valence-electron chi connectivity index (χ2n) is 3.78. The van der Waals surface area contributed by atoms with Crippen molar-refractivity contribution in [2.24, 2.45) is 0 Å². The third-order valence-electron chi connectivity index (χ3n) is 2.51. The highest BCUT2D eigenvalue weighted by Gasteiger charge is 2.17. The van der Waals surface area contributed by atoms with E-state index in [9.17, 15) is 15.2 Å². The van der Waals surface area contributed by atoms with Gasteiger partial charge in [0.15, 0.2) is 0 Å². The number of aliphatic hydroxyl groups is 1. The normalized spacial score (nSPS) is 12.1. The summed E-state index contributed by atoms with van der Waals surface area (Å²) in [5, 5.41) is 23.1. The number of nitrogens with one attached hydrogen (secondary N) is 1. The Morgan fingerprint density at radius 3 is 2.88 bits per heavy atom. The number of hydrogen-bond donors (Lipinski definition) is 3. The van der Waals surface area contributed by atoms with Gasteiger partial charge in [0.2, 0.25) is 0 Å². The summed E-state index contributed by atoms with van der Waals surface area (Å²) in [5.74, 6) is 0. The molecule has 6 heteroatoms. The van der Waals surface area contributed by atoms with E-state index in [4.69, 9.17) is 5.73 Å². The third-order valence-corrected chi connectivity index (χ3v) is 2.51. The molecule has 0 bridgehead atoms. The molecule has 0 fully saturated rings. The zero-order chi connectivity index (χ0) is 12.8. The molecule has 94 valence electrons. The molecule has 1 atom stereocenters. The number of nitro groups is 1. The molecule has 6 nitrogen and oxygen atoms in total. The van der Waals surface area contributed by atoms with Crippen molar-refractivity contribution in [3.05, 3.63) is 28.3 Å². The van der Waals surface area contributed by atoms with Crippen molar-refractivity contribution < 1.29 is 10.0 Å². The largest absolute Gasteiger partial charge is 0.393 e. The van der Waals surface area contributed by atoms with Crippen LogP contribution in [0.25, 0.3) is 0 Å². The summed E-state index contributed by atoms with van der Waals surface area (Å²) in [6, 6.07) is 4.75. The van der Waals surface area contributed by atoms with Gasteiger partial charge in [-0.3, -0.25) is 10.1 Å². The maximum atomic E-state index is 10.8. The summed E-state index contributed by atoms with van der Waals surface area (Å²) in [6.07, 6.45) is 0.825. The highest BCUT2D eigenvalue weighted by Crippen LogP contribution is 2.30. The fourth-order valence-electron chi connectivity index (χ4n) is 1.49. The molecule has 17 heavy (non-hydrogen) atoms. The standard InChI is InChI=1S/C11H17N3O3/c1-2-8(15)6-7-13-10-5-3-4-9(12)11(10)14(16)17/h3-5,8,13,15H,2,6-7,12H2,1H3. The minimum absolute atomic E-state index is 0.113. The Balaban J connectivity index is 2.71. The van der Waals surface area contributed by atoms with Crippen molar-refractivity contribution >= 4 is 17.1 Å². The first-order valence-electron chi connectivity index (χ1n) is 5.51. The van der Waals surface area contributed by atoms with Crippen LogP contribution in [0.4, 0.5) is 17.1 Å². The van der Waals surface area contributed by atoms with Crippen molar-refractivity contribution in [1.29, 1.82) is 0 Å². The molecule has 1 aromatic rings. The van der Waals surface area contributed by atoms with Crippen LogP contribution in [0.3, 0.4) is 0 Å². The van der Waals surface area contributed by atoms with Gasteiger partial charge in [-0.05, 0) is 25.0 Å². The SMILES string of the molecule is CCC(O)CCNc1cccc(N)c1[N+](=O)[O-]. The number of nitrogens with zero attached hydrogens (tertiary/aromatic N) is 1. The molecule has 0 aliphatic heterocycles. The molecule has 0 aliphatic carbocycles. The molecule has 0 aliphatic rings. The van der Waals surface area contributed by atoms with Crippen LogP contribution < -0.4 is 11.1 Å². The average molecular weight is 239 g/mol. The summed E-state index contributed by atoms with van der Waals surface area (Å²) in [4.78, 5) is 10.3. The summed E-state index contributed by atoms with van der Waals surface area (Å²) in [6.45, 7) is 2.35. The topological polar surface area (TPSA) is 101 Å². The van der Waals surface area contributed by atoms with Gasteiger partial charge in [-0.2, -0.15) is 0 Å². The summed E-state index contributed by atoms with van der Waals surface area (Å²) < 4.78 is 0. The fourth-order valence-corrected chi connectivity index (χ4v) is 1.49. The first kappa shape index (κ1) is 13.2. The Bertz CT molecular complexity index is 396. The summed E-state index contributed by atoms with van der Waals surface area (Å²) in [7, 11) is 0. The molecule has 0 saturated carbocycles. The monoisotopic (exact) mass is 239 g/mol. The van der Waals surface area contributed by atoms with Crippen molar-refractivity contribution in [3.63, 3.8) is 0 Å². The van der Waals surface area contributed by atoms with E-state index >= 15 is 0 Å². The molecule has 4 N–H and O–H groups in total. The fraction of sp³-hybridized carbons (Fsp3) is 0.455. The number of nitrogens with two attached hydrogens (primary N) is 1. The van der Waals surface area contributed by atoms with Crippen LogP contribution in [0, 0.1) is 10.1 Å². The predicted molar refractivity (Wildman–Crippen MR) is 66.9 cm³/mol. The second-order valence-corrected chi connectivity index (χ2v) is 3.78. The maximum Gasteiger partial charge on any atom is 0.314 e. The number of nitro benzene ring substituents is 1. The van der Waals surface area contributed by atoms with Gasteiger partial charge in [-0.25, -0.2) is 0 Å². The Hall–Kier alpha value is -1.82. The lowest BCUT2D eigenvalue weighted by atomic mass is 10.2. The zero-order valence-electron chi connectivity index (χ0n) is 9.72. The molecule has 1 aromatic carbocycles. The molecule has 0 heterocycles. The highest BCUT2D eigenvalue weighted by molar-refractivity contribution is 5.74. The van der Waals surface area contributed by atoms with Crippen molar-refractivity contribution in [1.82, 2.24) is 0 Å². The maximum absolute atomic E-state index is 10.8. The Morgan fingerprint density at radius 1 is 1.59 bits per heavy atom. The van der Waals surface area contributed by atoms with Gasteiger partial charge in [-0.1, -0.05) is 13.0 Å². The van der Waals surface area contributed by atoms with E-state index in [0.29, 0.717) is 25.1 Å². The zero-order valence-corrected chi connectivity index (χ0v) is 9.72. The van der Waals surface area contributed by atoms with Crippen LogP contribution in [-0.2, 0) is 0 Å². The molecule has 0 radical (unpaired) electrons. The van der Waals surface area contributed by atoms with Crippen LogP contribution in [0.1, 0.15) is 19.8 Å². The van der Waals surface area contributed by atoms with E-state index in [2.05, 4.69) is 5.32 Å². The highest BCUT2D eigenvalue weighted by atomic mass is 16.6. The van der Waals surface area contributed by atoms with Gasteiger partial charge < -0.3 is 16.2 Å². The lowest BCUT2D eigenvalue weighted by molar-refractivity contribution is -0.383. The van der Waals surface area contributed by atoms with Gasteiger partial charge in [0.05, 0.1) is 11.0 Å². The number of benzene rings is 1. The van der Waals surface area contributed by atoms with Crippen LogP contribution in [0.15, 0.2) is 18.2 Å². The molecular weight excluding hydrogens is 222 g/mol. The quantitative estimate of drug-likeness (QED) is 0.399. The number of rotatable bonds is 6. The van der Waals surface area contributed by atoms with E-state index in [-0.39, 0.29) is 17.5 Å². The van der Waals surface area contributed by atoms with E-state index in [0.717, 1.165) is 0 Å². The number of anilines is 2. The summed E-state index contributed by atoms with van der Waals surface area (Å²) >= 11 is 0. The second kappa shape index (κ2) is 6.05. The van der Waals surface area contributed by atoms with Gasteiger partial charge in [0.1, 0.15) is 11.4 Å². The number of hydrogen-bond acceptors (Lipinski definition) is 5. The minimum Gasteiger partial charge on any atom is -0.393 e. The van der Waals surface area contributed by atoms with Crippen molar-refractivity contribution in [2.45, 2.75) is 25.9 Å². The number of nitrogen functional groups attached to an aromatic ring is 1. The number of aliphatic hydroxyl groups excluding tert-OH is 1. The van der Waals surface area contributed by atoms with Gasteiger partial charge in [0.25, 0.3) is 0 Å². The third kappa shape index (κ3) is 3.60. The lowest BCUT2D eigenvalue weighted by Crippen LogP contribution is -2.13. The van der Waals surface area contributed by atoms with Gasteiger partial charge >= 0.3 is 5.69 Å². The van der Waals surface area contributed by atoms with Crippen LogP contribution in [0.5, 0.6) is 0 Å². The Morgan fingerprint density at radius 2 is 2.29 bits per heavy atom.